The third kappa shape index (κ3) is 3.52. The van der Waals surface area contributed by atoms with Gasteiger partial charge in [-0.1, -0.05) is 6.07 Å². The van der Waals surface area contributed by atoms with Crippen molar-refractivity contribution >= 4 is 28.6 Å². The normalized spacial score (nSPS) is 10.6. The summed E-state index contributed by atoms with van der Waals surface area (Å²) in [7, 11) is 0. The van der Waals surface area contributed by atoms with E-state index in [2.05, 4.69) is 25.5 Å². The Balaban J connectivity index is 1.56. The van der Waals surface area contributed by atoms with Gasteiger partial charge in [-0.05, 0) is 18.4 Å². The molecule has 3 aromatic rings. The molecular formula is C14H13N5OS2. The van der Waals surface area contributed by atoms with E-state index in [0.717, 1.165) is 14.9 Å². The number of carbonyl (C=O) groups excluding carboxylic acids is 1. The van der Waals surface area contributed by atoms with E-state index >= 15 is 0 Å². The van der Waals surface area contributed by atoms with Crippen molar-refractivity contribution < 1.29 is 4.79 Å². The second kappa shape index (κ2) is 6.71. The first-order valence-corrected chi connectivity index (χ1v) is 8.35. The van der Waals surface area contributed by atoms with E-state index in [-0.39, 0.29) is 5.91 Å². The molecule has 112 valence electrons. The second-order valence-corrected chi connectivity index (χ2v) is 6.71. The van der Waals surface area contributed by atoms with Crippen LogP contribution >= 0.6 is 22.7 Å². The molecule has 0 saturated carbocycles. The molecule has 0 spiro atoms. The number of aryl methyl sites for hydroxylation is 1. The summed E-state index contributed by atoms with van der Waals surface area (Å²) in [6, 6.07) is 3.89. The van der Waals surface area contributed by atoms with Gasteiger partial charge >= 0.3 is 0 Å². The lowest BCUT2D eigenvalue weighted by molar-refractivity contribution is 0.0953. The largest absolute Gasteiger partial charge is 0.352 e. The number of aromatic nitrogens is 4. The molecule has 0 aliphatic carbocycles. The Morgan fingerprint density at radius 1 is 1.27 bits per heavy atom. The van der Waals surface area contributed by atoms with Crippen molar-refractivity contribution in [3.63, 3.8) is 0 Å². The lowest BCUT2D eigenvalue weighted by Crippen LogP contribution is -2.26. The van der Waals surface area contributed by atoms with Crippen LogP contribution < -0.4 is 5.32 Å². The minimum Gasteiger partial charge on any atom is -0.352 e. The van der Waals surface area contributed by atoms with Gasteiger partial charge in [0.05, 0.1) is 10.4 Å². The van der Waals surface area contributed by atoms with Gasteiger partial charge in [-0.15, -0.1) is 32.9 Å². The molecule has 8 heteroatoms. The Labute approximate surface area is 135 Å². The average Bonchev–Trinajstić information content (AvgIpc) is 3.19. The van der Waals surface area contributed by atoms with Gasteiger partial charge in [0.1, 0.15) is 10.0 Å². The number of carbonyl (C=O) groups is 1. The fourth-order valence-electron chi connectivity index (χ4n) is 1.80. The first-order valence-electron chi connectivity index (χ1n) is 6.65. The molecule has 3 heterocycles. The summed E-state index contributed by atoms with van der Waals surface area (Å²) in [6.45, 7) is 2.42. The zero-order chi connectivity index (χ0) is 15.4. The van der Waals surface area contributed by atoms with Crippen molar-refractivity contribution in [1.29, 1.82) is 0 Å². The SMILES string of the molecule is Cc1nnc(CCNC(=O)c2cnc(-c3cccs3)nc2)s1. The Kier molecular flexibility index (Phi) is 4.50. The van der Waals surface area contributed by atoms with Crippen LogP contribution in [0.3, 0.4) is 0 Å². The van der Waals surface area contributed by atoms with Crippen molar-refractivity contribution in [2.45, 2.75) is 13.3 Å². The van der Waals surface area contributed by atoms with Crippen LogP contribution in [-0.2, 0) is 6.42 Å². The number of thiophene rings is 1. The van der Waals surface area contributed by atoms with Crippen LogP contribution in [0.4, 0.5) is 0 Å². The molecule has 3 rings (SSSR count). The average molecular weight is 331 g/mol. The van der Waals surface area contributed by atoms with E-state index in [9.17, 15) is 4.79 Å². The third-order valence-electron chi connectivity index (χ3n) is 2.85. The molecule has 0 atom stereocenters. The van der Waals surface area contributed by atoms with Gasteiger partial charge in [-0.25, -0.2) is 9.97 Å². The van der Waals surface area contributed by atoms with Crippen LogP contribution in [0, 0.1) is 6.92 Å². The smallest absolute Gasteiger partial charge is 0.254 e. The highest BCUT2D eigenvalue weighted by Crippen LogP contribution is 2.20. The first kappa shape index (κ1) is 14.7. The second-order valence-electron chi connectivity index (χ2n) is 4.49. The molecule has 6 nitrogen and oxygen atoms in total. The molecule has 0 radical (unpaired) electrons. The molecule has 0 fully saturated rings. The van der Waals surface area contributed by atoms with Gasteiger partial charge in [0.15, 0.2) is 5.82 Å². The molecule has 22 heavy (non-hydrogen) atoms. The number of amides is 1. The predicted molar refractivity (Wildman–Crippen MR) is 86.0 cm³/mol. The van der Waals surface area contributed by atoms with Crippen LogP contribution in [0.25, 0.3) is 10.7 Å². The van der Waals surface area contributed by atoms with Crippen molar-refractivity contribution in [1.82, 2.24) is 25.5 Å². The molecule has 1 amide bonds. The maximum atomic E-state index is 12.0. The van der Waals surface area contributed by atoms with Crippen molar-refractivity contribution in [2.75, 3.05) is 6.54 Å². The molecule has 0 saturated heterocycles. The number of hydrogen-bond donors (Lipinski definition) is 1. The van der Waals surface area contributed by atoms with Gasteiger partial charge in [0, 0.05) is 25.4 Å². The third-order valence-corrected chi connectivity index (χ3v) is 4.61. The maximum absolute atomic E-state index is 12.0. The van der Waals surface area contributed by atoms with Gasteiger partial charge in [0.25, 0.3) is 5.91 Å². The Hall–Kier alpha value is -2.19. The van der Waals surface area contributed by atoms with Crippen LogP contribution in [0.2, 0.25) is 0 Å². The van der Waals surface area contributed by atoms with E-state index in [1.807, 2.05) is 24.4 Å². The lowest BCUT2D eigenvalue weighted by Gasteiger charge is -2.03. The van der Waals surface area contributed by atoms with Gasteiger partial charge in [-0.2, -0.15) is 0 Å². The highest BCUT2D eigenvalue weighted by atomic mass is 32.1. The topological polar surface area (TPSA) is 80.7 Å². The maximum Gasteiger partial charge on any atom is 0.254 e. The predicted octanol–water partition coefficient (Wildman–Crippen LogP) is 2.34. The van der Waals surface area contributed by atoms with Crippen LogP contribution in [0.5, 0.6) is 0 Å². The molecule has 0 aliphatic heterocycles. The summed E-state index contributed by atoms with van der Waals surface area (Å²) in [5, 5.41) is 14.6. The van der Waals surface area contributed by atoms with E-state index in [1.54, 1.807) is 23.7 Å². The highest BCUT2D eigenvalue weighted by molar-refractivity contribution is 7.13. The molecule has 3 aromatic heterocycles. The molecule has 0 aliphatic rings. The molecule has 1 N–H and O–H groups in total. The van der Waals surface area contributed by atoms with Crippen molar-refractivity contribution in [3.8, 4) is 10.7 Å². The van der Waals surface area contributed by atoms with E-state index in [0.29, 0.717) is 24.4 Å². The zero-order valence-corrected chi connectivity index (χ0v) is 13.4. The summed E-state index contributed by atoms with van der Waals surface area (Å²) in [5.41, 5.74) is 0.453. The van der Waals surface area contributed by atoms with E-state index < -0.39 is 0 Å². The summed E-state index contributed by atoms with van der Waals surface area (Å²) in [4.78, 5) is 21.5. The number of nitrogens with zero attached hydrogens (tertiary/aromatic N) is 4. The monoisotopic (exact) mass is 331 g/mol. The van der Waals surface area contributed by atoms with E-state index in [1.165, 1.54) is 11.3 Å². The molecule has 0 unspecified atom stereocenters. The molecule has 0 aromatic carbocycles. The molecule has 0 bridgehead atoms. The highest BCUT2D eigenvalue weighted by Gasteiger charge is 2.09. The molecular weight excluding hydrogens is 318 g/mol. The Bertz CT molecular complexity index is 752. The summed E-state index contributed by atoms with van der Waals surface area (Å²) >= 11 is 3.11. The standard InChI is InChI=1S/C14H13N5OS2/c1-9-18-19-12(22-9)4-5-15-14(20)10-7-16-13(17-8-10)11-3-2-6-21-11/h2-3,6-8H,4-5H2,1H3,(H,15,20). The number of nitrogens with one attached hydrogen (secondary N) is 1. The first-order chi connectivity index (χ1) is 10.7. The Morgan fingerprint density at radius 3 is 2.73 bits per heavy atom. The quantitative estimate of drug-likeness (QED) is 0.776. The van der Waals surface area contributed by atoms with Gasteiger partial charge in [-0.3, -0.25) is 4.79 Å². The summed E-state index contributed by atoms with van der Waals surface area (Å²) in [5.74, 6) is 0.454. The fraction of sp³-hybridized carbons (Fsp3) is 0.214. The number of rotatable bonds is 5. The fourth-order valence-corrected chi connectivity index (χ4v) is 3.18. The van der Waals surface area contributed by atoms with E-state index in [4.69, 9.17) is 0 Å². The summed E-state index contributed by atoms with van der Waals surface area (Å²) in [6.07, 6.45) is 3.77. The minimum atomic E-state index is -0.182. The summed E-state index contributed by atoms with van der Waals surface area (Å²) < 4.78 is 0. The minimum absolute atomic E-state index is 0.182. The van der Waals surface area contributed by atoms with Crippen molar-refractivity contribution in [3.05, 3.63) is 45.5 Å². The van der Waals surface area contributed by atoms with Gasteiger partial charge in [0.2, 0.25) is 0 Å². The van der Waals surface area contributed by atoms with Crippen molar-refractivity contribution in [2.24, 2.45) is 0 Å². The van der Waals surface area contributed by atoms with Crippen LogP contribution in [0.1, 0.15) is 20.4 Å². The van der Waals surface area contributed by atoms with Gasteiger partial charge < -0.3 is 5.32 Å². The van der Waals surface area contributed by atoms with Crippen LogP contribution in [-0.4, -0.2) is 32.6 Å². The number of hydrogen-bond acceptors (Lipinski definition) is 7. The lowest BCUT2D eigenvalue weighted by atomic mass is 10.3. The zero-order valence-electron chi connectivity index (χ0n) is 11.8. The van der Waals surface area contributed by atoms with Crippen LogP contribution in [0.15, 0.2) is 29.9 Å². The Morgan fingerprint density at radius 2 is 2.09 bits per heavy atom.